The highest BCUT2D eigenvalue weighted by atomic mass is 35.5. The number of carbonyl (C=O) groups is 2. The molecule has 0 bridgehead atoms. The number of aryl methyl sites for hydroxylation is 1. The van der Waals surface area contributed by atoms with Crippen LogP contribution in [0.4, 0.5) is 5.69 Å². The van der Waals surface area contributed by atoms with E-state index in [2.05, 4.69) is 15.7 Å². The van der Waals surface area contributed by atoms with E-state index >= 15 is 0 Å². The van der Waals surface area contributed by atoms with Crippen molar-refractivity contribution in [2.24, 2.45) is 17.4 Å². The van der Waals surface area contributed by atoms with E-state index < -0.39 is 35.2 Å². The van der Waals surface area contributed by atoms with Crippen LogP contribution in [0.2, 0.25) is 10.0 Å². The standard InChI is InChI=1S/C19H12Cl2N4O6/c1-25-13-7-10(31-14-5-2-9(20)6-12(14)21)3-4-11(13)17(24-30)16(19(25)28)18(27)22-8-15(26)23-29/h2-7H,8H2,1H3,(H,22,27). The third-order valence-electron chi connectivity index (χ3n) is 4.28. The van der Waals surface area contributed by atoms with E-state index in [-0.39, 0.29) is 15.9 Å². The first-order valence-electron chi connectivity index (χ1n) is 8.54. The van der Waals surface area contributed by atoms with Gasteiger partial charge < -0.3 is 14.6 Å². The molecular weight excluding hydrogens is 451 g/mol. The van der Waals surface area contributed by atoms with E-state index in [0.717, 1.165) is 4.57 Å². The van der Waals surface area contributed by atoms with Crippen LogP contribution in [0.25, 0.3) is 10.9 Å². The summed E-state index contributed by atoms with van der Waals surface area (Å²) < 4.78 is 6.84. The van der Waals surface area contributed by atoms with Gasteiger partial charge in [-0.1, -0.05) is 23.2 Å². The molecular formula is C19H12Cl2N4O6. The van der Waals surface area contributed by atoms with Crippen LogP contribution in [0.3, 0.4) is 0 Å². The maximum absolute atomic E-state index is 12.7. The molecule has 0 saturated heterocycles. The van der Waals surface area contributed by atoms with Gasteiger partial charge in [0.15, 0.2) is 0 Å². The summed E-state index contributed by atoms with van der Waals surface area (Å²) in [5.74, 6) is -1.58. The summed E-state index contributed by atoms with van der Waals surface area (Å²) in [5, 5.41) is 7.93. The minimum absolute atomic E-state index is 0.191. The number of aromatic nitrogens is 1. The maximum Gasteiger partial charge on any atom is 0.305 e. The van der Waals surface area contributed by atoms with Crippen LogP contribution >= 0.6 is 23.2 Å². The van der Waals surface area contributed by atoms with Crippen molar-refractivity contribution in [2.75, 3.05) is 6.54 Å². The Morgan fingerprint density at radius 1 is 1.13 bits per heavy atom. The fraction of sp³-hybridized carbons (Fsp3) is 0.105. The Kier molecular flexibility index (Phi) is 6.42. The fourth-order valence-electron chi connectivity index (χ4n) is 2.83. The second kappa shape index (κ2) is 9.02. The summed E-state index contributed by atoms with van der Waals surface area (Å²) in [7, 11) is 1.38. The highest BCUT2D eigenvalue weighted by molar-refractivity contribution is 6.35. The van der Waals surface area contributed by atoms with Gasteiger partial charge in [0.25, 0.3) is 11.5 Å². The number of nitroso groups, excluding NO2 is 2. The number of nitrogens with zero attached hydrogens (tertiary/aromatic N) is 3. The molecule has 12 heteroatoms. The Bertz CT molecular complexity index is 1300. The van der Waals surface area contributed by atoms with E-state index in [1.165, 1.54) is 31.3 Å². The molecule has 0 radical (unpaired) electrons. The van der Waals surface area contributed by atoms with Crippen molar-refractivity contribution in [3.63, 3.8) is 0 Å². The van der Waals surface area contributed by atoms with Crippen molar-refractivity contribution < 1.29 is 14.3 Å². The number of nitrogens with one attached hydrogen (secondary N) is 1. The van der Waals surface area contributed by atoms with Crippen molar-refractivity contribution in [1.29, 1.82) is 0 Å². The van der Waals surface area contributed by atoms with Gasteiger partial charge >= 0.3 is 5.91 Å². The lowest BCUT2D eigenvalue weighted by atomic mass is 10.1. The second-order valence-electron chi connectivity index (χ2n) is 6.20. The molecule has 0 atom stereocenters. The zero-order valence-corrected chi connectivity index (χ0v) is 17.2. The molecule has 1 N–H and O–H groups in total. The molecule has 0 fully saturated rings. The first-order valence-corrected chi connectivity index (χ1v) is 9.29. The summed E-state index contributed by atoms with van der Waals surface area (Å²) >= 11 is 12.0. The monoisotopic (exact) mass is 462 g/mol. The number of ether oxygens (including phenoxy) is 1. The van der Waals surface area contributed by atoms with E-state index in [9.17, 15) is 24.2 Å². The molecule has 1 aromatic heterocycles. The highest BCUT2D eigenvalue weighted by Gasteiger charge is 2.23. The van der Waals surface area contributed by atoms with E-state index in [1.54, 1.807) is 12.1 Å². The number of rotatable bonds is 6. The number of pyridine rings is 1. The largest absolute Gasteiger partial charge is 0.456 e. The van der Waals surface area contributed by atoms with Crippen molar-refractivity contribution in [3.8, 4) is 11.5 Å². The minimum Gasteiger partial charge on any atom is -0.456 e. The summed E-state index contributed by atoms with van der Waals surface area (Å²) in [6.45, 7) is -0.726. The first-order chi connectivity index (χ1) is 14.8. The normalized spacial score (nSPS) is 10.5. The molecule has 0 spiro atoms. The Balaban J connectivity index is 2.08. The molecule has 1 heterocycles. The van der Waals surface area contributed by atoms with Crippen LogP contribution in [0.1, 0.15) is 10.4 Å². The second-order valence-corrected chi connectivity index (χ2v) is 7.05. The molecule has 0 aliphatic heterocycles. The smallest absolute Gasteiger partial charge is 0.305 e. The number of benzene rings is 2. The predicted molar refractivity (Wildman–Crippen MR) is 114 cm³/mol. The lowest BCUT2D eigenvalue weighted by Gasteiger charge is -2.13. The van der Waals surface area contributed by atoms with Crippen molar-refractivity contribution in [2.45, 2.75) is 0 Å². The Morgan fingerprint density at radius 2 is 1.87 bits per heavy atom. The van der Waals surface area contributed by atoms with Crippen molar-refractivity contribution in [1.82, 2.24) is 9.88 Å². The molecule has 0 aliphatic rings. The van der Waals surface area contributed by atoms with Crippen molar-refractivity contribution >= 4 is 51.6 Å². The van der Waals surface area contributed by atoms with Gasteiger partial charge in [-0.3, -0.25) is 14.4 Å². The van der Waals surface area contributed by atoms with Crippen LogP contribution in [0.5, 0.6) is 11.5 Å². The van der Waals surface area contributed by atoms with Crippen LogP contribution in [-0.2, 0) is 11.8 Å². The number of hydrogen-bond acceptors (Lipinski definition) is 7. The topological polar surface area (TPSA) is 136 Å². The molecule has 3 aromatic rings. The van der Waals surface area contributed by atoms with E-state index in [4.69, 9.17) is 27.9 Å². The lowest BCUT2D eigenvalue weighted by molar-refractivity contribution is -0.117. The summed E-state index contributed by atoms with van der Waals surface area (Å²) in [4.78, 5) is 57.7. The fourth-order valence-corrected chi connectivity index (χ4v) is 3.27. The SMILES string of the molecule is Cn1c(=O)c(C(=O)NCC(=O)N=O)c(N=O)c2ccc(Oc3ccc(Cl)cc3Cl)cc21. The number of carbonyl (C=O) groups excluding carboxylic acids is 2. The average molecular weight is 463 g/mol. The number of fused-ring (bicyclic) bond motifs is 1. The number of hydrogen-bond donors (Lipinski definition) is 1. The predicted octanol–water partition coefficient (Wildman–Crippen LogP) is 4.06. The van der Waals surface area contributed by atoms with Gasteiger partial charge in [0.05, 0.1) is 10.5 Å². The molecule has 31 heavy (non-hydrogen) atoms. The third-order valence-corrected chi connectivity index (χ3v) is 4.81. The molecule has 3 rings (SSSR count). The van der Waals surface area contributed by atoms with Crippen molar-refractivity contribution in [3.05, 3.63) is 72.2 Å². The third kappa shape index (κ3) is 4.44. The van der Waals surface area contributed by atoms with Gasteiger partial charge in [-0.15, -0.1) is 9.81 Å². The van der Waals surface area contributed by atoms with Crippen LogP contribution in [-0.4, -0.2) is 22.9 Å². The van der Waals surface area contributed by atoms with Gasteiger partial charge in [0.2, 0.25) is 0 Å². The zero-order valence-electron chi connectivity index (χ0n) is 15.7. The van der Waals surface area contributed by atoms with Crippen LogP contribution in [0, 0.1) is 9.81 Å². The summed E-state index contributed by atoms with van der Waals surface area (Å²) in [6.07, 6.45) is 0. The van der Waals surface area contributed by atoms with Gasteiger partial charge in [-0.25, -0.2) is 0 Å². The lowest BCUT2D eigenvalue weighted by Crippen LogP contribution is -2.35. The van der Waals surface area contributed by atoms with Gasteiger partial charge in [0.1, 0.15) is 29.3 Å². The molecule has 0 saturated carbocycles. The Labute approximate surface area is 183 Å². The molecule has 10 nitrogen and oxygen atoms in total. The number of amides is 2. The summed E-state index contributed by atoms with van der Waals surface area (Å²) in [5.41, 5.74) is -1.58. The molecule has 2 amide bonds. The average Bonchev–Trinajstić information content (AvgIpc) is 2.76. The van der Waals surface area contributed by atoms with Crippen LogP contribution in [0.15, 0.2) is 51.5 Å². The highest BCUT2D eigenvalue weighted by Crippen LogP contribution is 2.35. The molecule has 2 aromatic carbocycles. The summed E-state index contributed by atoms with van der Waals surface area (Å²) in [6, 6.07) is 9.06. The van der Waals surface area contributed by atoms with Crippen LogP contribution < -0.4 is 15.6 Å². The van der Waals surface area contributed by atoms with Gasteiger partial charge in [-0.2, -0.15) is 0 Å². The number of halogens is 2. The molecule has 158 valence electrons. The Morgan fingerprint density at radius 3 is 2.52 bits per heavy atom. The van der Waals surface area contributed by atoms with E-state index in [1.807, 2.05) is 0 Å². The van der Waals surface area contributed by atoms with E-state index in [0.29, 0.717) is 16.5 Å². The first kappa shape index (κ1) is 22.1. The zero-order chi connectivity index (χ0) is 22.7. The Hall–Kier alpha value is -3.63. The van der Waals surface area contributed by atoms with Gasteiger partial charge in [-0.05, 0) is 35.5 Å². The van der Waals surface area contributed by atoms with Gasteiger partial charge in [0, 0.05) is 28.7 Å². The molecule has 0 unspecified atom stereocenters. The quantitative estimate of drug-likeness (QED) is 0.548. The maximum atomic E-state index is 12.7. The molecule has 0 aliphatic carbocycles. The minimum atomic E-state index is -1.14.